The fourth-order valence-electron chi connectivity index (χ4n) is 2.25. The number of nitrogens with zero attached hydrogens (tertiary/aromatic N) is 1. The molecular formula is C15H13Br2NO2. The summed E-state index contributed by atoms with van der Waals surface area (Å²) in [4.78, 5) is 4.26. The molecule has 0 saturated carbocycles. The third-order valence-corrected chi connectivity index (χ3v) is 4.04. The van der Waals surface area contributed by atoms with Gasteiger partial charge in [0.2, 0.25) is 5.88 Å². The van der Waals surface area contributed by atoms with Gasteiger partial charge in [-0.25, -0.2) is 4.98 Å². The van der Waals surface area contributed by atoms with Crippen molar-refractivity contribution >= 4 is 31.9 Å². The topological polar surface area (TPSA) is 31.4 Å². The van der Waals surface area contributed by atoms with Gasteiger partial charge in [-0.3, -0.25) is 0 Å². The lowest BCUT2D eigenvalue weighted by atomic mass is 10.0. The monoisotopic (exact) mass is 397 g/mol. The van der Waals surface area contributed by atoms with Gasteiger partial charge < -0.3 is 9.47 Å². The highest BCUT2D eigenvalue weighted by atomic mass is 79.9. The second kappa shape index (κ2) is 5.04. The Bertz CT molecular complexity index is 671. The maximum Gasteiger partial charge on any atom is 0.233 e. The molecule has 0 amide bonds. The van der Waals surface area contributed by atoms with Crippen molar-refractivity contribution in [3.05, 3.63) is 45.0 Å². The first-order chi connectivity index (χ1) is 9.44. The number of hydrogen-bond donors (Lipinski definition) is 0. The van der Waals surface area contributed by atoms with Crippen molar-refractivity contribution in [2.24, 2.45) is 0 Å². The molecule has 104 valence electrons. The SMILES string of the molecule is CC1(C)Cc2cccc(Oc3ncc(Br)cc3Br)c2O1. The quantitative estimate of drug-likeness (QED) is 0.704. The molecule has 1 aromatic heterocycles. The molecule has 3 rings (SSSR count). The average molecular weight is 399 g/mol. The normalized spacial score (nSPS) is 15.6. The van der Waals surface area contributed by atoms with E-state index >= 15 is 0 Å². The van der Waals surface area contributed by atoms with Gasteiger partial charge in [-0.15, -0.1) is 0 Å². The Morgan fingerprint density at radius 3 is 2.85 bits per heavy atom. The number of aromatic nitrogens is 1. The summed E-state index contributed by atoms with van der Waals surface area (Å²) in [6.07, 6.45) is 2.59. The summed E-state index contributed by atoms with van der Waals surface area (Å²) in [6.45, 7) is 4.15. The van der Waals surface area contributed by atoms with Gasteiger partial charge in [0.1, 0.15) is 5.60 Å². The van der Waals surface area contributed by atoms with E-state index in [1.165, 1.54) is 5.56 Å². The molecule has 20 heavy (non-hydrogen) atoms. The van der Waals surface area contributed by atoms with Crippen LogP contribution in [-0.4, -0.2) is 10.6 Å². The maximum atomic E-state index is 5.98. The highest BCUT2D eigenvalue weighted by Gasteiger charge is 2.32. The van der Waals surface area contributed by atoms with E-state index in [0.29, 0.717) is 11.6 Å². The molecule has 0 spiro atoms. The van der Waals surface area contributed by atoms with Crippen LogP contribution in [0.4, 0.5) is 0 Å². The van der Waals surface area contributed by atoms with Crippen LogP contribution < -0.4 is 9.47 Å². The number of pyridine rings is 1. The average Bonchev–Trinajstić information content (AvgIpc) is 2.67. The molecule has 1 aliphatic heterocycles. The fraction of sp³-hybridized carbons (Fsp3) is 0.267. The van der Waals surface area contributed by atoms with Crippen LogP contribution in [0.25, 0.3) is 0 Å². The largest absolute Gasteiger partial charge is 0.483 e. The van der Waals surface area contributed by atoms with E-state index in [-0.39, 0.29) is 5.60 Å². The highest BCUT2D eigenvalue weighted by Crippen LogP contribution is 2.43. The molecular weight excluding hydrogens is 386 g/mol. The first-order valence-corrected chi connectivity index (χ1v) is 7.83. The van der Waals surface area contributed by atoms with Crippen LogP contribution in [-0.2, 0) is 6.42 Å². The minimum absolute atomic E-state index is 0.188. The lowest BCUT2D eigenvalue weighted by molar-refractivity contribution is 0.135. The van der Waals surface area contributed by atoms with Crippen molar-refractivity contribution in [1.82, 2.24) is 4.98 Å². The fourth-order valence-corrected chi connectivity index (χ4v) is 3.32. The summed E-state index contributed by atoms with van der Waals surface area (Å²) in [7, 11) is 0. The molecule has 2 aromatic rings. The highest BCUT2D eigenvalue weighted by molar-refractivity contribution is 9.11. The van der Waals surface area contributed by atoms with E-state index in [4.69, 9.17) is 9.47 Å². The summed E-state index contributed by atoms with van der Waals surface area (Å²) >= 11 is 6.82. The van der Waals surface area contributed by atoms with Gasteiger partial charge in [-0.1, -0.05) is 12.1 Å². The predicted molar refractivity (Wildman–Crippen MR) is 84.6 cm³/mol. The summed E-state index contributed by atoms with van der Waals surface area (Å²) in [5.74, 6) is 2.03. The number of fused-ring (bicyclic) bond motifs is 1. The minimum Gasteiger partial charge on any atom is -0.483 e. The van der Waals surface area contributed by atoms with Gasteiger partial charge >= 0.3 is 0 Å². The van der Waals surface area contributed by atoms with Crippen molar-refractivity contribution in [3.63, 3.8) is 0 Å². The molecule has 0 fully saturated rings. The Balaban J connectivity index is 1.95. The molecule has 2 heterocycles. The third-order valence-electron chi connectivity index (χ3n) is 3.04. The summed E-state index contributed by atoms with van der Waals surface area (Å²) in [5, 5.41) is 0. The minimum atomic E-state index is -0.188. The molecule has 0 unspecified atom stereocenters. The Morgan fingerprint density at radius 1 is 1.30 bits per heavy atom. The third kappa shape index (κ3) is 2.69. The van der Waals surface area contributed by atoms with E-state index in [0.717, 1.165) is 21.1 Å². The van der Waals surface area contributed by atoms with Crippen LogP contribution in [0.2, 0.25) is 0 Å². The standard InChI is InChI=1S/C15H13Br2NO2/c1-15(2)7-9-4-3-5-12(13(9)20-15)19-14-11(17)6-10(16)8-18-14/h3-6,8H,7H2,1-2H3. The molecule has 3 nitrogen and oxygen atoms in total. The Labute approximate surface area is 134 Å². The number of ether oxygens (including phenoxy) is 2. The van der Waals surface area contributed by atoms with Gasteiger partial charge in [0.25, 0.3) is 0 Å². The first-order valence-electron chi connectivity index (χ1n) is 6.24. The van der Waals surface area contributed by atoms with Crippen LogP contribution in [0.5, 0.6) is 17.4 Å². The number of benzene rings is 1. The number of halogens is 2. The molecule has 0 atom stereocenters. The molecule has 5 heteroatoms. The second-order valence-electron chi connectivity index (χ2n) is 5.33. The lowest BCUT2D eigenvalue weighted by Crippen LogP contribution is -2.24. The number of hydrogen-bond acceptors (Lipinski definition) is 3. The molecule has 1 aromatic carbocycles. The zero-order chi connectivity index (χ0) is 14.3. The number of para-hydroxylation sites is 1. The van der Waals surface area contributed by atoms with Gasteiger partial charge in [-0.2, -0.15) is 0 Å². The Hall–Kier alpha value is -1.07. The summed E-state index contributed by atoms with van der Waals surface area (Å²) in [6, 6.07) is 7.85. The molecule has 1 aliphatic rings. The predicted octanol–water partition coefficient (Wildman–Crippen LogP) is 5.11. The van der Waals surface area contributed by atoms with E-state index in [1.807, 2.05) is 18.2 Å². The van der Waals surface area contributed by atoms with Crippen molar-refractivity contribution < 1.29 is 9.47 Å². The Kier molecular flexibility index (Phi) is 3.50. The summed E-state index contributed by atoms with van der Waals surface area (Å²) in [5.41, 5.74) is 0.979. The van der Waals surface area contributed by atoms with Crippen LogP contribution in [0, 0.1) is 0 Å². The van der Waals surface area contributed by atoms with Crippen molar-refractivity contribution in [1.29, 1.82) is 0 Å². The van der Waals surface area contributed by atoms with E-state index in [1.54, 1.807) is 6.20 Å². The Morgan fingerprint density at radius 2 is 2.10 bits per heavy atom. The van der Waals surface area contributed by atoms with Crippen molar-refractivity contribution in [2.45, 2.75) is 25.9 Å². The van der Waals surface area contributed by atoms with Crippen molar-refractivity contribution in [2.75, 3.05) is 0 Å². The van der Waals surface area contributed by atoms with Gasteiger partial charge in [0.05, 0.1) is 4.47 Å². The number of rotatable bonds is 2. The first kappa shape index (κ1) is 13.9. The van der Waals surface area contributed by atoms with E-state index < -0.39 is 0 Å². The van der Waals surface area contributed by atoms with Crippen LogP contribution in [0.1, 0.15) is 19.4 Å². The maximum absolute atomic E-state index is 5.98. The lowest BCUT2D eigenvalue weighted by Gasteiger charge is -2.18. The smallest absolute Gasteiger partial charge is 0.233 e. The zero-order valence-corrected chi connectivity index (χ0v) is 14.3. The van der Waals surface area contributed by atoms with Crippen molar-refractivity contribution in [3.8, 4) is 17.4 Å². The molecule has 0 saturated heterocycles. The van der Waals surface area contributed by atoms with Gasteiger partial charge in [0, 0.05) is 22.7 Å². The van der Waals surface area contributed by atoms with Gasteiger partial charge in [-0.05, 0) is 57.8 Å². The van der Waals surface area contributed by atoms with Crippen LogP contribution in [0.3, 0.4) is 0 Å². The van der Waals surface area contributed by atoms with E-state index in [9.17, 15) is 0 Å². The molecule has 0 aliphatic carbocycles. The van der Waals surface area contributed by atoms with Gasteiger partial charge in [0.15, 0.2) is 11.5 Å². The molecule has 0 bridgehead atoms. The molecule has 0 radical (unpaired) electrons. The molecule has 0 N–H and O–H groups in total. The second-order valence-corrected chi connectivity index (χ2v) is 7.10. The zero-order valence-electron chi connectivity index (χ0n) is 11.1. The van der Waals surface area contributed by atoms with Crippen LogP contribution in [0.15, 0.2) is 39.4 Å². The van der Waals surface area contributed by atoms with Crippen LogP contribution >= 0.6 is 31.9 Å². The summed E-state index contributed by atoms with van der Waals surface area (Å²) < 4.78 is 13.6. The van der Waals surface area contributed by atoms with E-state index in [2.05, 4.69) is 56.8 Å².